The van der Waals surface area contributed by atoms with Gasteiger partial charge in [0.1, 0.15) is 5.82 Å². The molecule has 0 aliphatic heterocycles. The molecule has 1 aromatic heterocycles. The number of para-hydroxylation sites is 1. The highest BCUT2D eigenvalue weighted by atomic mass is 14.9. The van der Waals surface area contributed by atoms with E-state index in [0.717, 1.165) is 47.2 Å². The third-order valence-corrected chi connectivity index (χ3v) is 13.4. The minimum absolute atomic E-state index is 0.0163. The number of rotatable bonds is 2. The van der Waals surface area contributed by atoms with Gasteiger partial charge in [-0.25, -0.2) is 9.97 Å². The first-order chi connectivity index (χ1) is 28.3. The zero-order valence-corrected chi connectivity index (χ0v) is 31.3. The molecule has 2 atom stereocenters. The molecule has 3 aliphatic carbocycles. The molecule has 10 aromatic rings. The zero-order chi connectivity index (χ0) is 37.2. The van der Waals surface area contributed by atoms with Gasteiger partial charge in [0.15, 0.2) is 0 Å². The van der Waals surface area contributed by atoms with Crippen molar-refractivity contribution in [1.29, 1.82) is 0 Å². The van der Waals surface area contributed by atoms with Crippen LogP contribution in [0.4, 0.5) is 0 Å². The molecular formula is C55H36N2. The van der Waals surface area contributed by atoms with E-state index in [-0.39, 0.29) is 5.92 Å². The van der Waals surface area contributed by atoms with E-state index in [1.807, 2.05) is 0 Å². The van der Waals surface area contributed by atoms with Crippen LogP contribution in [0.3, 0.4) is 0 Å². The zero-order valence-electron chi connectivity index (χ0n) is 31.3. The van der Waals surface area contributed by atoms with Crippen LogP contribution < -0.4 is 0 Å². The second-order valence-electron chi connectivity index (χ2n) is 16.3. The Labute approximate surface area is 331 Å². The number of fused-ring (bicyclic) bond motifs is 14. The molecule has 0 N–H and O–H groups in total. The molecule has 0 radical (unpaired) electrons. The molecule has 2 heteroatoms. The molecule has 0 spiro atoms. The van der Waals surface area contributed by atoms with Crippen molar-refractivity contribution in [3.63, 3.8) is 0 Å². The summed E-state index contributed by atoms with van der Waals surface area (Å²) in [4.78, 5) is 11.3. The van der Waals surface area contributed by atoms with Crippen LogP contribution in [-0.4, -0.2) is 9.97 Å². The van der Waals surface area contributed by atoms with E-state index in [2.05, 4.69) is 170 Å². The van der Waals surface area contributed by atoms with Crippen LogP contribution in [0.25, 0.3) is 87.9 Å². The Morgan fingerprint density at radius 2 is 1.02 bits per heavy atom. The number of aryl methyl sites for hydroxylation is 1. The average Bonchev–Trinajstić information content (AvgIpc) is 3.46. The van der Waals surface area contributed by atoms with Gasteiger partial charge in [0, 0.05) is 22.8 Å². The second-order valence-corrected chi connectivity index (χ2v) is 16.3. The van der Waals surface area contributed by atoms with Crippen LogP contribution >= 0.6 is 0 Å². The fourth-order valence-electron chi connectivity index (χ4n) is 10.9. The summed E-state index contributed by atoms with van der Waals surface area (Å²) in [6, 6.07) is 63.2. The topological polar surface area (TPSA) is 25.8 Å². The molecule has 0 fully saturated rings. The first kappa shape index (κ1) is 31.3. The van der Waals surface area contributed by atoms with E-state index in [4.69, 9.17) is 9.97 Å². The Bertz CT molecular complexity index is 3350. The van der Waals surface area contributed by atoms with Gasteiger partial charge in [-0.3, -0.25) is 0 Å². The summed E-state index contributed by atoms with van der Waals surface area (Å²) >= 11 is 0. The molecule has 0 bridgehead atoms. The van der Waals surface area contributed by atoms with E-state index in [1.165, 1.54) is 93.5 Å². The van der Waals surface area contributed by atoms with E-state index in [0.29, 0.717) is 5.92 Å². The highest BCUT2D eigenvalue weighted by Gasteiger charge is 2.41. The normalized spacial score (nSPS) is 16.2. The first-order valence-electron chi connectivity index (χ1n) is 20.3. The Morgan fingerprint density at radius 1 is 0.404 bits per heavy atom. The predicted octanol–water partition coefficient (Wildman–Crippen LogP) is 13.8. The summed E-state index contributed by atoms with van der Waals surface area (Å²) in [5, 5.41) is 8.65. The molecule has 3 aliphatic rings. The summed E-state index contributed by atoms with van der Waals surface area (Å²) in [5.41, 5.74) is 18.5. The third kappa shape index (κ3) is 4.47. The molecule has 0 saturated heterocycles. The molecule has 13 rings (SSSR count). The Balaban J connectivity index is 1.13. The number of nitrogens with zero attached hydrogens (tertiary/aromatic N) is 2. The maximum absolute atomic E-state index is 5.78. The van der Waals surface area contributed by atoms with Gasteiger partial charge < -0.3 is 0 Å². The van der Waals surface area contributed by atoms with Gasteiger partial charge in [-0.15, -0.1) is 0 Å². The maximum atomic E-state index is 5.78. The summed E-state index contributed by atoms with van der Waals surface area (Å²) in [7, 11) is 0. The lowest BCUT2D eigenvalue weighted by Gasteiger charge is -2.31. The number of hydrogen-bond donors (Lipinski definition) is 0. The second kappa shape index (κ2) is 11.8. The number of aromatic nitrogens is 2. The number of benzene rings is 9. The van der Waals surface area contributed by atoms with E-state index < -0.39 is 0 Å². The molecule has 2 unspecified atom stereocenters. The summed E-state index contributed by atoms with van der Waals surface area (Å²) in [5.74, 6) is 1.19. The predicted molar refractivity (Wildman–Crippen MR) is 236 cm³/mol. The average molecular weight is 725 g/mol. The maximum Gasteiger partial charge on any atom is 0.137 e. The van der Waals surface area contributed by atoms with Crippen LogP contribution in [0.15, 0.2) is 170 Å². The lowest BCUT2D eigenvalue weighted by molar-refractivity contribution is 0.683. The molecule has 1 heterocycles. The molecule has 0 saturated carbocycles. The van der Waals surface area contributed by atoms with Crippen LogP contribution in [0, 0.1) is 0 Å². The molecule has 9 aromatic carbocycles. The standard InChI is InChI=1S/C55H36N2/c1-2-15-34-28-45-44(27-33(34)14-1)46-29-36-17-5-8-20-39(36)53-51-43(26-25-32-13-3-6-18-37(32)47(51)31-48(45)52(46)53)55-56-50-24-12-11-23-42(50)54(57-55)49-30-35-16-4-7-19-38(35)40-21-9-10-22-41(40)49/h1-24,27-28,30-31,43,46H,25-26,29H2. The first-order valence-corrected chi connectivity index (χ1v) is 20.3. The van der Waals surface area contributed by atoms with Crippen molar-refractivity contribution in [3.8, 4) is 44.6 Å². The summed E-state index contributed by atoms with van der Waals surface area (Å²) in [6.07, 6.45) is 2.89. The molecular weight excluding hydrogens is 689 g/mol. The minimum atomic E-state index is -0.0163. The van der Waals surface area contributed by atoms with Crippen molar-refractivity contribution in [2.75, 3.05) is 0 Å². The Hall–Kier alpha value is -6.90. The smallest absolute Gasteiger partial charge is 0.137 e. The van der Waals surface area contributed by atoms with Crippen molar-refractivity contribution >= 4 is 43.2 Å². The van der Waals surface area contributed by atoms with Crippen molar-refractivity contribution in [3.05, 3.63) is 203 Å². The largest absolute Gasteiger partial charge is 0.232 e. The Morgan fingerprint density at radius 3 is 1.88 bits per heavy atom. The molecule has 57 heavy (non-hydrogen) atoms. The van der Waals surface area contributed by atoms with Gasteiger partial charge in [0.05, 0.1) is 11.2 Å². The van der Waals surface area contributed by atoms with Gasteiger partial charge in [-0.1, -0.05) is 140 Å². The lowest BCUT2D eigenvalue weighted by atomic mass is 9.72. The fourth-order valence-corrected chi connectivity index (χ4v) is 10.9. The summed E-state index contributed by atoms with van der Waals surface area (Å²) < 4.78 is 0. The van der Waals surface area contributed by atoms with E-state index in [1.54, 1.807) is 0 Å². The third-order valence-electron chi connectivity index (χ3n) is 13.4. The lowest BCUT2D eigenvalue weighted by Crippen LogP contribution is -2.16. The quantitative estimate of drug-likeness (QED) is 0.166. The fraction of sp³-hybridized carbons (Fsp3) is 0.0909. The minimum Gasteiger partial charge on any atom is -0.232 e. The molecule has 2 nitrogen and oxygen atoms in total. The Kier molecular flexibility index (Phi) is 6.49. The monoisotopic (exact) mass is 724 g/mol. The number of hydrogen-bond acceptors (Lipinski definition) is 2. The van der Waals surface area contributed by atoms with Crippen molar-refractivity contribution in [2.24, 2.45) is 0 Å². The van der Waals surface area contributed by atoms with Gasteiger partial charge in [0.2, 0.25) is 0 Å². The van der Waals surface area contributed by atoms with E-state index >= 15 is 0 Å². The van der Waals surface area contributed by atoms with Gasteiger partial charge in [0.25, 0.3) is 0 Å². The molecule has 266 valence electrons. The van der Waals surface area contributed by atoms with Gasteiger partial charge in [-0.05, 0) is 143 Å². The SMILES string of the molecule is c1ccc2c(c1)CCC(c1nc(-c3cc4ccccc4c4ccccc34)c3ccccc3n1)c1c-2cc2c3c1-c1ccccc1CC3c1cc3ccccc3cc1-2. The van der Waals surface area contributed by atoms with Gasteiger partial charge in [-0.2, -0.15) is 0 Å². The van der Waals surface area contributed by atoms with Crippen LogP contribution in [0.1, 0.15) is 51.9 Å². The van der Waals surface area contributed by atoms with E-state index in [9.17, 15) is 0 Å². The molecule has 0 amide bonds. The van der Waals surface area contributed by atoms with Gasteiger partial charge >= 0.3 is 0 Å². The summed E-state index contributed by atoms with van der Waals surface area (Å²) in [6.45, 7) is 0. The van der Waals surface area contributed by atoms with Crippen LogP contribution in [0.2, 0.25) is 0 Å². The van der Waals surface area contributed by atoms with Crippen molar-refractivity contribution in [1.82, 2.24) is 9.97 Å². The highest BCUT2D eigenvalue weighted by Crippen LogP contribution is 2.59. The van der Waals surface area contributed by atoms with Crippen molar-refractivity contribution in [2.45, 2.75) is 31.1 Å². The van der Waals surface area contributed by atoms with Crippen LogP contribution in [-0.2, 0) is 12.8 Å². The van der Waals surface area contributed by atoms with Crippen LogP contribution in [0.5, 0.6) is 0 Å². The highest BCUT2D eigenvalue weighted by molar-refractivity contribution is 6.15. The van der Waals surface area contributed by atoms with Crippen molar-refractivity contribution < 1.29 is 0 Å².